The van der Waals surface area contributed by atoms with E-state index in [0.29, 0.717) is 31.1 Å². The van der Waals surface area contributed by atoms with Crippen molar-refractivity contribution < 1.29 is 14.3 Å². The molecule has 0 aromatic heterocycles. The van der Waals surface area contributed by atoms with Crippen molar-refractivity contribution in [3.05, 3.63) is 4.91 Å². The van der Waals surface area contributed by atoms with E-state index in [-0.39, 0.29) is 30.8 Å². The van der Waals surface area contributed by atoms with Gasteiger partial charge in [0.25, 0.3) is 0 Å². The van der Waals surface area contributed by atoms with Crippen molar-refractivity contribution in [2.45, 2.75) is 25.2 Å². The second-order valence-corrected chi connectivity index (χ2v) is 4.62. The molecule has 0 aromatic carbocycles. The fourth-order valence-corrected chi connectivity index (χ4v) is 3.15. The number of ether oxygens (including phenoxy) is 2. The van der Waals surface area contributed by atoms with Gasteiger partial charge in [-0.2, -0.15) is 4.91 Å². The lowest BCUT2D eigenvalue weighted by Crippen LogP contribution is -2.41. The molecular weight excluding hydrogens is 198 g/mol. The second-order valence-electron chi connectivity index (χ2n) is 4.62. The summed E-state index contributed by atoms with van der Waals surface area (Å²) >= 11 is 0. The number of hydrogen-bond acceptors (Lipinski definition) is 5. The minimum absolute atomic E-state index is 0.0444. The third-order valence-corrected chi connectivity index (χ3v) is 3.80. The second kappa shape index (κ2) is 3.35. The van der Waals surface area contributed by atoms with E-state index in [2.05, 4.69) is 5.18 Å². The van der Waals surface area contributed by atoms with Gasteiger partial charge in [0.2, 0.25) is 0 Å². The highest BCUT2D eigenvalue weighted by atomic mass is 16.7. The number of nitrogens with zero attached hydrogens (tertiary/aromatic N) is 1. The maximum Gasteiger partial charge on any atom is 0.161 e. The van der Waals surface area contributed by atoms with E-state index in [9.17, 15) is 9.70 Å². The van der Waals surface area contributed by atoms with Gasteiger partial charge >= 0.3 is 0 Å². The van der Waals surface area contributed by atoms with Crippen molar-refractivity contribution in [1.29, 1.82) is 0 Å². The zero-order valence-electron chi connectivity index (χ0n) is 8.30. The summed E-state index contributed by atoms with van der Waals surface area (Å²) in [6.07, 6.45) is 0.767. The van der Waals surface area contributed by atoms with E-state index in [1.54, 1.807) is 0 Å². The number of carbonyl (C=O) groups is 1. The topological polar surface area (TPSA) is 65.0 Å². The maximum atomic E-state index is 11.7. The van der Waals surface area contributed by atoms with Gasteiger partial charge in [0.05, 0.1) is 12.7 Å². The minimum Gasteiger partial charge on any atom is -0.352 e. The quantitative estimate of drug-likeness (QED) is 0.631. The molecule has 2 saturated heterocycles. The molecule has 0 amide bonds. The van der Waals surface area contributed by atoms with Crippen LogP contribution in [0, 0.1) is 22.7 Å². The molecule has 2 heterocycles. The Balaban J connectivity index is 1.81. The Hall–Kier alpha value is -0.810. The predicted molar refractivity (Wildman–Crippen MR) is 50.0 cm³/mol. The lowest BCUT2D eigenvalue weighted by Gasteiger charge is -2.33. The van der Waals surface area contributed by atoms with E-state index in [0.717, 1.165) is 0 Å². The minimum atomic E-state index is -0.271. The predicted octanol–water partition coefficient (Wildman–Crippen LogP) is 0.719. The summed E-state index contributed by atoms with van der Waals surface area (Å²) in [4.78, 5) is 21.9. The Labute approximate surface area is 87.1 Å². The molecule has 3 fully saturated rings. The molecule has 82 valence electrons. The first-order valence-corrected chi connectivity index (χ1v) is 5.38. The first-order chi connectivity index (χ1) is 7.29. The molecular formula is C10H13NO4. The summed E-state index contributed by atoms with van der Waals surface area (Å²) in [6.45, 7) is 0.750. The molecule has 3 aliphatic rings. The monoisotopic (exact) mass is 211 g/mol. The summed E-state index contributed by atoms with van der Waals surface area (Å²) in [6, 6.07) is 0. The number of ketones is 1. The normalized spacial score (nSPS) is 48.0. The van der Waals surface area contributed by atoms with Crippen LogP contribution >= 0.6 is 0 Å². The fourth-order valence-electron chi connectivity index (χ4n) is 3.15. The molecule has 1 unspecified atom stereocenters. The molecule has 5 nitrogen and oxygen atoms in total. The van der Waals surface area contributed by atoms with Crippen molar-refractivity contribution in [2.24, 2.45) is 22.9 Å². The van der Waals surface area contributed by atoms with Crippen LogP contribution in [-0.2, 0) is 14.3 Å². The molecule has 0 bridgehead atoms. The lowest BCUT2D eigenvalue weighted by molar-refractivity contribution is -0.196. The molecule has 15 heavy (non-hydrogen) atoms. The Kier molecular flexibility index (Phi) is 2.10. The van der Waals surface area contributed by atoms with E-state index < -0.39 is 0 Å². The molecule has 5 atom stereocenters. The van der Waals surface area contributed by atoms with Crippen molar-refractivity contribution in [2.75, 3.05) is 13.2 Å². The van der Waals surface area contributed by atoms with E-state index >= 15 is 0 Å². The molecule has 1 saturated carbocycles. The van der Waals surface area contributed by atoms with Gasteiger partial charge in [-0.25, -0.2) is 0 Å². The molecule has 2 aliphatic heterocycles. The van der Waals surface area contributed by atoms with E-state index in [1.165, 1.54) is 0 Å². The molecule has 5 heteroatoms. The molecule has 1 aliphatic carbocycles. The van der Waals surface area contributed by atoms with Crippen molar-refractivity contribution >= 4 is 5.78 Å². The summed E-state index contributed by atoms with van der Waals surface area (Å²) in [5.74, 6) is 0.943. The van der Waals surface area contributed by atoms with Crippen molar-refractivity contribution in [3.8, 4) is 0 Å². The summed E-state index contributed by atoms with van der Waals surface area (Å²) in [5, 5.41) is 2.84. The smallest absolute Gasteiger partial charge is 0.161 e. The summed E-state index contributed by atoms with van der Waals surface area (Å²) < 4.78 is 11.1. The molecule has 0 aromatic rings. The largest absolute Gasteiger partial charge is 0.352 e. The third kappa shape index (κ3) is 1.33. The van der Waals surface area contributed by atoms with Gasteiger partial charge in [-0.1, -0.05) is 5.18 Å². The Bertz CT molecular complexity index is 306. The number of Topliss-reactive ketones (excluding diaryl/α,β-unsaturated/α-hetero) is 1. The number of nitroso groups, excluding NO2 is 1. The molecule has 0 N–H and O–H groups in total. The number of hydrogen-bond donors (Lipinski definition) is 0. The van der Waals surface area contributed by atoms with Crippen LogP contribution in [0.3, 0.4) is 0 Å². The first-order valence-electron chi connectivity index (χ1n) is 5.38. The fraction of sp³-hybridized carbons (Fsp3) is 0.900. The number of rotatable bonds is 2. The Morgan fingerprint density at radius 3 is 3.13 bits per heavy atom. The number of carbonyl (C=O) groups excluding carboxylic acids is 1. The van der Waals surface area contributed by atoms with Crippen LogP contribution in [0.15, 0.2) is 5.18 Å². The van der Waals surface area contributed by atoms with Crippen LogP contribution in [0.5, 0.6) is 0 Å². The first kappa shape index (κ1) is 9.42. The lowest BCUT2D eigenvalue weighted by atomic mass is 9.84. The van der Waals surface area contributed by atoms with Crippen LogP contribution in [0.1, 0.15) is 12.8 Å². The zero-order valence-corrected chi connectivity index (χ0v) is 8.30. The maximum absolute atomic E-state index is 11.7. The van der Waals surface area contributed by atoms with Gasteiger partial charge in [-0.15, -0.1) is 0 Å². The molecule has 0 radical (unpaired) electrons. The highest BCUT2D eigenvalue weighted by molar-refractivity contribution is 5.84. The van der Waals surface area contributed by atoms with Gasteiger partial charge in [0, 0.05) is 18.3 Å². The highest BCUT2D eigenvalue weighted by Crippen LogP contribution is 2.48. The third-order valence-electron chi connectivity index (χ3n) is 3.80. The highest BCUT2D eigenvalue weighted by Gasteiger charge is 2.55. The zero-order chi connectivity index (χ0) is 10.4. The molecule has 3 rings (SSSR count). The van der Waals surface area contributed by atoms with Crippen LogP contribution in [0.2, 0.25) is 0 Å². The van der Waals surface area contributed by atoms with Crippen LogP contribution in [0.25, 0.3) is 0 Å². The molecule has 0 spiro atoms. The SMILES string of the molecule is O=NC[C@@H]1C[C@H]2C(=O)C[C@@H]3CO[C@@H](O1)C32. The van der Waals surface area contributed by atoms with Crippen LogP contribution in [0.4, 0.5) is 0 Å². The van der Waals surface area contributed by atoms with Crippen LogP contribution < -0.4 is 0 Å². The summed E-state index contributed by atoms with van der Waals surface area (Å²) in [5.41, 5.74) is 0. The average Bonchev–Trinajstić information content (AvgIpc) is 2.74. The van der Waals surface area contributed by atoms with Crippen LogP contribution in [-0.4, -0.2) is 31.3 Å². The Morgan fingerprint density at radius 1 is 1.47 bits per heavy atom. The van der Waals surface area contributed by atoms with E-state index in [4.69, 9.17) is 9.47 Å². The van der Waals surface area contributed by atoms with Gasteiger partial charge in [0.15, 0.2) is 6.29 Å². The van der Waals surface area contributed by atoms with E-state index in [1.807, 2.05) is 0 Å². The summed E-state index contributed by atoms with van der Waals surface area (Å²) in [7, 11) is 0. The van der Waals surface area contributed by atoms with Gasteiger partial charge in [-0.3, -0.25) is 4.79 Å². The average molecular weight is 211 g/mol. The van der Waals surface area contributed by atoms with Crippen molar-refractivity contribution in [1.82, 2.24) is 0 Å². The Morgan fingerprint density at radius 2 is 2.33 bits per heavy atom. The van der Waals surface area contributed by atoms with Crippen molar-refractivity contribution in [3.63, 3.8) is 0 Å². The van der Waals surface area contributed by atoms with Gasteiger partial charge < -0.3 is 9.47 Å². The standard InChI is InChI=1S/C10H13NO4/c12-8-1-5-4-14-10-9(5)7(8)2-6(15-10)3-11-13/h5-7,9-10H,1-4H2/t5-,6+,7+,9?,10+/m1/s1. The van der Waals surface area contributed by atoms with Gasteiger partial charge in [-0.05, 0) is 12.3 Å². The van der Waals surface area contributed by atoms with Gasteiger partial charge in [0.1, 0.15) is 12.3 Å².